The fourth-order valence-corrected chi connectivity index (χ4v) is 2.98. The number of aryl methyl sites for hydroxylation is 2. The zero-order chi connectivity index (χ0) is 18.2. The molecule has 2 heterocycles. The molecule has 0 atom stereocenters. The van der Waals surface area contributed by atoms with Crippen molar-refractivity contribution in [1.29, 1.82) is 0 Å². The molecule has 6 heteroatoms. The second kappa shape index (κ2) is 6.43. The van der Waals surface area contributed by atoms with Crippen LogP contribution in [0.2, 0.25) is 0 Å². The lowest BCUT2D eigenvalue weighted by Crippen LogP contribution is -2.05. The van der Waals surface area contributed by atoms with Crippen molar-refractivity contribution in [3.05, 3.63) is 58.9 Å². The van der Waals surface area contributed by atoms with Crippen molar-refractivity contribution in [2.24, 2.45) is 0 Å². The minimum atomic E-state index is -4.33. The van der Waals surface area contributed by atoms with E-state index in [1.807, 2.05) is 13.8 Å². The first-order valence-electron chi connectivity index (χ1n) is 8.06. The number of halogens is 3. The van der Waals surface area contributed by atoms with Gasteiger partial charge in [0.1, 0.15) is 17.9 Å². The van der Waals surface area contributed by atoms with Crippen molar-refractivity contribution in [2.45, 2.75) is 40.1 Å². The summed E-state index contributed by atoms with van der Waals surface area (Å²) >= 11 is 0. The zero-order valence-corrected chi connectivity index (χ0v) is 14.3. The Morgan fingerprint density at radius 3 is 2.36 bits per heavy atom. The monoisotopic (exact) mass is 348 g/mol. The summed E-state index contributed by atoms with van der Waals surface area (Å²) in [6.07, 6.45) is -2.63. The van der Waals surface area contributed by atoms with Gasteiger partial charge in [-0.15, -0.1) is 0 Å². The van der Waals surface area contributed by atoms with Gasteiger partial charge in [0, 0.05) is 24.5 Å². The maximum absolute atomic E-state index is 12.6. The van der Waals surface area contributed by atoms with E-state index in [0.717, 1.165) is 41.0 Å². The number of hydrogen-bond acceptors (Lipinski definition) is 2. The van der Waals surface area contributed by atoms with Crippen LogP contribution >= 0.6 is 0 Å². The fourth-order valence-electron chi connectivity index (χ4n) is 2.98. The van der Waals surface area contributed by atoms with E-state index in [-0.39, 0.29) is 6.61 Å². The van der Waals surface area contributed by atoms with Gasteiger partial charge >= 0.3 is 6.18 Å². The minimum Gasteiger partial charge on any atom is -0.487 e. The molecule has 3 nitrogen and oxygen atoms in total. The number of alkyl halides is 3. The largest absolute Gasteiger partial charge is 0.487 e. The van der Waals surface area contributed by atoms with Crippen LogP contribution in [0.3, 0.4) is 0 Å². The Kier molecular flexibility index (Phi) is 4.45. The Labute approximate surface area is 144 Å². The highest BCUT2D eigenvalue weighted by atomic mass is 19.4. The number of rotatable bonds is 4. The third kappa shape index (κ3) is 3.21. The molecule has 3 aromatic rings. The molecule has 0 amide bonds. The molecular formula is C19H19F3N2O. The van der Waals surface area contributed by atoms with E-state index in [0.29, 0.717) is 11.3 Å². The molecule has 3 rings (SSSR count). The quantitative estimate of drug-likeness (QED) is 0.642. The van der Waals surface area contributed by atoms with Crippen LogP contribution in [0.15, 0.2) is 36.5 Å². The molecule has 0 saturated carbocycles. The van der Waals surface area contributed by atoms with Gasteiger partial charge in [0.05, 0.1) is 11.1 Å². The van der Waals surface area contributed by atoms with Crippen LogP contribution < -0.4 is 4.74 Å². The molecule has 0 unspecified atom stereocenters. The zero-order valence-electron chi connectivity index (χ0n) is 14.3. The van der Waals surface area contributed by atoms with Gasteiger partial charge in [0.25, 0.3) is 0 Å². The summed E-state index contributed by atoms with van der Waals surface area (Å²) in [5.74, 6) is 0.683. The predicted molar refractivity (Wildman–Crippen MR) is 90.7 cm³/mol. The van der Waals surface area contributed by atoms with Gasteiger partial charge in [-0.1, -0.05) is 12.1 Å². The number of nitrogens with zero attached hydrogens (tertiary/aromatic N) is 2. The molecule has 0 radical (unpaired) electrons. The standard InChI is InChI=1S/C19H19F3N2O/c1-4-24-13(3)12(2)17-18(24)16(9-10-23-17)25-11-14-5-7-15(8-6-14)19(20,21)22/h5-10H,4,11H2,1-3H3. The van der Waals surface area contributed by atoms with Crippen LogP contribution in [0.4, 0.5) is 13.2 Å². The molecule has 0 aliphatic rings. The van der Waals surface area contributed by atoms with Gasteiger partial charge in [-0.3, -0.25) is 4.98 Å². The van der Waals surface area contributed by atoms with Crippen LogP contribution in [-0.2, 0) is 19.3 Å². The Bertz CT molecular complexity index is 896. The van der Waals surface area contributed by atoms with Crippen molar-refractivity contribution in [3.8, 4) is 5.75 Å². The first kappa shape index (κ1) is 17.3. The second-order valence-electron chi connectivity index (χ2n) is 5.94. The number of aromatic nitrogens is 2. The third-order valence-corrected chi connectivity index (χ3v) is 4.45. The summed E-state index contributed by atoms with van der Waals surface area (Å²) < 4.78 is 45.9. The smallest absolute Gasteiger partial charge is 0.416 e. The third-order valence-electron chi connectivity index (χ3n) is 4.45. The Hall–Kier alpha value is -2.50. The number of pyridine rings is 1. The summed E-state index contributed by atoms with van der Waals surface area (Å²) in [4.78, 5) is 4.44. The number of benzene rings is 1. The van der Waals surface area contributed by atoms with Gasteiger partial charge < -0.3 is 9.30 Å². The van der Waals surface area contributed by atoms with Gasteiger partial charge in [0.2, 0.25) is 0 Å². The molecule has 2 aromatic heterocycles. The Balaban J connectivity index is 1.88. The van der Waals surface area contributed by atoms with Crippen LogP contribution in [0.5, 0.6) is 5.75 Å². The predicted octanol–water partition coefficient (Wildman–Crippen LogP) is 5.27. The topological polar surface area (TPSA) is 27.1 Å². The van der Waals surface area contributed by atoms with E-state index < -0.39 is 11.7 Å². The minimum absolute atomic E-state index is 0.199. The van der Waals surface area contributed by atoms with E-state index in [2.05, 4.69) is 16.5 Å². The first-order chi connectivity index (χ1) is 11.8. The SMILES string of the molecule is CCn1c(C)c(C)c2nccc(OCc3ccc(C(F)(F)F)cc3)c21. The number of ether oxygens (including phenoxy) is 1. The summed E-state index contributed by atoms with van der Waals surface area (Å²) in [6.45, 7) is 7.11. The molecule has 0 bridgehead atoms. The van der Waals surface area contributed by atoms with Crippen molar-refractivity contribution >= 4 is 11.0 Å². The van der Waals surface area contributed by atoms with Crippen molar-refractivity contribution in [1.82, 2.24) is 9.55 Å². The average molecular weight is 348 g/mol. The van der Waals surface area contributed by atoms with Crippen molar-refractivity contribution in [2.75, 3.05) is 0 Å². The van der Waals surface area contributed by atoms with E-state index in [4.69, 9.17) is 4.74 Å². The summed E-state index contributed by atoms with van der Waals surface area (Å²) in [5, 5.41) is 0. The summed E-state index contributed by atoms with van der Waals surface area (Å²) in [5.41, 5.74) is 4.08. The molecule has 0 fully saturated rings. The van der Waals surface area contributed by atoms with E-state index in [9.17, 15) is 13.2 Å². The lowest BCUT2D eigenvalue weighted by atomic mass is 10.1. The van der Waals surface area contributed by atoms with E-state index in [1.54, 1.807) is 12.3 Å². The molecule has 132 valence electrons. The molecule has 0 N–H and O–H groups in total. The molecule has 25 heavy (non-hydrogen) atoms. The highest BCUT2D eigenvalue weighted by molar-refractivity contribution is 5.86. The normalized spacial score (nSPS) is 11.9. The van der Waals surface area contributed by atoms with Crippen LogP contribution in [0, 0.1) is 13.8 Å². The fraction of sp³-hybridized carbons (Fsp3) is 0.316. The average Bonchev–Trinajstić information content (AvgIpc) is 2.84. The number of hydrogen-bond donors (Lipinski definition) is 0. The molecule has 1 aromatic carbocycles. The van der Waals surface area contributed by atoms with Crippen LogP contribution in [0.25, 0.3) is 11.0 Å². The highest BCUT2D eigenvalue weighted by Gasteiger charge is 2.29. The summed E-state index contributed by atoms with van der Waals surface area (Å²) in [7, 11) is 0. The first-order valence-corrected chi connectivity index (χ1v) is 8.06. The van der Waals surface area contributed by atoms with Crippen LogP contribution in [-0.4, -0.2) is 9.55 Å². The molecular weight excluding hydrogens is 329 g/mol. The molecule has 0 spiro atoms. The summed E-state index contributed by atoms with van der Waals surface area (Å²) in [6, 6.07) is 6.82. The van der Waals surface area contributed by atoms with E-state index in [1.165, 1.54) is 12.1 Å². The molecule has 0 aliphatic carbocycles. The van der Waals surface area contributed by atoms with Gasteiger partial charge in [-0.2, -0.15) is 13.2 Å². The van der Waals surface area contributed by atoms with Crippen LogP contribution in [0.1, 0.15) is 29.3 Å². The van der Waals surface area contributed by atoms with Gasteiger partial charge in [-0.05, 0) is 44.0 Å². The van der Waals surface area contributed by atoms with Crippen molar-refractivity contribution < 1.29 is 17.9 Å². The highest BCUT2D eigenvalue weighted by Crippen LogP contribution is 2.32. The Morgan fingerprint density at radius 2 is 1.76 bits per heavy atom. The van der Waals surface area contributed by atoms with Gasteiger partial charge in [0.15, 0.2) is 0 Å². The lowest BCUT2D eigenvalue weighted by molar-refractivity contribution is -0.137. The number of fused-ring (bicyclic) bond motifs is 1. The van der Waals surface area contributed by atoms with E-state index >= 15 is 0 Å². The maximum Gasteiger partial charge on any atom is 0.416 e. The Morgan fingerprint density at radius 1 is 1.08 bits per heavy atom. The lowest BCUT2D eigenvalue weighted by Gasteiger charge is -2.12. The maximum atomic E-state index is 12.6. The molecule has 0 aliphatic heterocycles. The molecule has 0 saturated heterocycles. The van der Waals surface area contributed by atoms with Gasteiger partial charge in [-0.25, -0.2) is 0 Å². The van der Waals surface area contributed by atoms with Crippen molar-refractivity contribution in [3.63, 3.8) is 0 Å². The second-order valence-corrected chi connectivity index (χ2v) is 5.94.